The average Bonchev–Trinajstić information content (AvgIpc) is 2.77. The van der Waals surface area contributed by atoms with Crippen LogP contribution >= 0.6 is 0 Å². The monoisotopic (exact) mass is 438 g/mol. The number of benzene rings is 2. The van der Waals surface area contributed by atoms with Crippen LogP contribution in [-0.2, 0) is 19.1 Å². The fraction of sp³-hybridized carbons (Fsp3) is 0.320. The molecular formula is C25H27FN2O4. The van der Waals surface area contributed by atoms with E-state index in [1.807, 2.05) is 37.3 Å². The van der Waals surface area contributed by atoms with E-state index in [0.29, 0.717) is 5.70 Å². The molecule has 2 amide bonds. The highest BCUT2D eigenvalue weighted by Gasteiger charge is 2.38. The van der Waals surface area contributed by atoms with Gasteiger partial charge >= 0.3 is 5.97 Å². The Kier molecular flexibility index (Phi) is 7.41. The zero-order chi connectivity index (χ0) is 23.3. The number of halogens is 1. The van der Waals surface area contributed by atoms with Crippen molar-refractivity contribution in [3.05, 3.63) is 82.8 Å². The van der Waals surface area contributed by atoms with E-state index in [2.05, 4.69) is 5.32 Å². The molecule has 7 heteroatoms. The van der Waals surface area contributed by atoms with Gasteiger partial charge in [0.05, 0.1) is 18.2 Å². The van der Waals surface area contributed by atoms with Gasteiger partial charge in [-0.1, -0.05) is 48.5 Å². The molecule has 0 bridgehead atoms. The van der Waals surface area contributed by atoms with Crippen molar-refractivity contribution < 1.29 is 23.5 Å². The molecular weight excluding hydrogens is 411 g/mol. The first-order valence-corrected chi connectivity index (χ1v) is 10.6. The summed E-state index contributed by atoms with van der Waals surface area (Å²) in [4.78, 5) is 39.7. The normalized spacial score (nSPS) is 17.2. The third kappa shape index (κ3) is 5.04. The number of esters is 1. The van der Waals surface area contributed by atoms with E-state index in [-0.39, 0.29) is 48.6 Å². The van der Waals surface area contributed by atoms with E-state index in [4.69, 9.17) is 4.74 Å². The van der Waals surface area contributed by atoms with E-state index in [0.717, 1.165) is 5.56 Å². The predicted octanol–water partition coefficient (Wildman–Crippen LogP) is 3.86. The lowest BCUT2D eigenvalue weighted by Crippen LogP contribution is -2.44. The van der Waals surface area contributed by atoms with Gasteiger partial charge in [0.1, 0.15) is 12.4 Å². The van der Waals surface area contributed by atoms with Gasteiger partial charge in [0.15, 0.2) is 0 Å². The molecule has 1 heterocycles. The Morgan fingerprint density at radius 3 is 2.47 bits per heavy atom. The number of nitrogens with one attached hydrogen (secondary N) is 1. The lowest BCUT2D eigenvalue weighted by atomic mass is 9.83. The maximum atomic E-state index is 14.5. The van der Waals surface area contributed by atoms with E-state index >= 15 is 0 Å². The summed E-state index contributed by atoms with van der Waals surface area (Å²) in [5.74, 6) is -2.60. The average molecular weight is 438 g/mol. The van der Waals surface area contributed by atoms with E-state index in [1.54, 1.807) is 32.0 Å². The van der Waals surface area contributed by atoms with Gasteiger partial charge in [0.25, 0.3) is 0 Å². The number of hydrogen-bond donors (Lipinski definition) is 1. The summed E-state index contributed by atoms with van der Waals surface area (Å²) in [6, 6.07) is 15.3. The van der Waals surface area contributed by atoms with Gasteiger partial charge in [-0.15, -0.1) is 0 Å². The minimum Gasteiger partial charge on any atom is -0.463 e. The fourth-order valence-electron chi connectivity index (χ4n) is 3.96. The van der Waals surface area contributed by atoms with Gasteiger partial charge in [-0.25, -0.2) is 9.18 Å². The highest BCUT2D eigenvalue weighted by molar-refractivity contribution is 5.97. The van der Waals surface area contributed by atoms with Crippen molar-refractivity contribution in [2.75, 3.05) is 13.2 Å². The van der Waals surface area contributed by atoms with E-state index in [1.165, 1.54) is 11.0 Å². The van der Waals surface area contributed by atoms with Crippen molar-refractivity contribution in [2.45, 2.75) is 39.2 Å². The summed E-state index contributed by atoms with van der Waals surface area (Å²) in [5.41, 5.74) is 1.69. The summed E-state index contributed by atoms with van der Waals surface area (Å²) in [6.07, 6.45) is -0.131. The van der Waals surface area contributed by atoms with E-state index < -0.39 is 17.7 Å². The fourth-order valence-corrected chi connectivity index (χ4v) is 3.96. The van der Waals surface area contributed by atoms with Crippen molar-refractivity contribution in [2.24, 2.45) is 0 Å². The van der Waals surface area contributed by atoms with Gasteiger partial charge in [-0.3, -0.25) is 9.59 Å². The molecule has 168 valence electrons. The molecule has 0 radical (unpaired) electrons. The molecule has 1 aliphatic heterocycles. The largest absolute Gasteiger partial charge is 0.463 e. The highest BCUT2D eigenvalue weighted by Crippen LogP contribution is 2.38. The Morgan fingerprint density at radius 1 is 1.16 bits per heavy atom. The minimum atomic E-state index is -0.773. The van der Waals surface area contributed by atoms with Crippen LogP contribution in [0.25, 0.3) is 0 Å². The number of hydrogen-bond acceptors (Lipinski definition) is 4. The number of amides is 2. The van der Waals surface area contributed by atoms with Crippen LogP contribution in [0.3, 0.4) is 0 Å². The van der Waals surface area contributed by atoms with Crippen LogP contribution in [0.5, 0.6) is 0 Å². The number of rotatable bonds is 7. The van der Waals surface area contributed by atoms with Crippen LogP contribution in [-0.4, -0.2) is 35.8 Å². The zero-order valence-corrected chi connectivity index (χ0v) is 18.4. The Hall–Kier alpha value is -3.48. The number of allylic oxidation sites excluding steroid dienone is 1. The molecule has 0 saturated heterocycles. The maximum absolute atomic E-state index is 14.5. The van der Waals surface area contributed by atoms with Crippen LogP contribution in [0.4, 0.5) is 4.39 Å². The molecule has 2 aromatic rings. The summed E-state index contributed by atoms with van der Waals surface area (Å²) in [7, 11) is 0. The van der Waals surface area contributed by atoms with Crippen LogP contribution in [0.1, 0.15) is 50.3 Å². The second kappa shape index (κ2) is 10.2. The lowest BCUT2D eigenvalue weighted by molar-refractivity contribution is -0.141. The standard InChI is InChI=1S/C25H27FN2O4/c1-4-32-25(31)24-17(3)28(15-22(29)27-16(2)18-10-6-5-7-11-18)23(30)14-20(24)19-12-8-9-13-21(19)26/h5-13,16,20H,4,14-15H2,1-3H3,(H,27,29)/t16-,20+/m1/s1. The molecule has 6 nitrogen and oxygen atoms in total. The van der Waals surface area contributed by atoms with Gasteiger partial charge in [0, 0.05) is 18.0 Å². The van der Waals surface area contributed by atoms with Crippen LogP contribution in [0.15, 0.2) is 65.9 Å². The molecule has 1 aliphatic rings. The molecule has 0 aliphatic carbocycles. The van der Waals surface area contributed by atoms with Crippen LogP contribution in [0, 0.1) is 5.82 Å². The topological polar surface area (TPSA) is 75.7 Å². The number of carbonyl (C=O) groups excluding carboxylic acids is 3. The SMILES string of the molecule is CCOC(=O)C1=C(C)N(CC(=O)N[C@H](C)c2ccccc2)C(=O)C[C@H]1c1ccccc1F. The second-order valence-electron chi connectivity index (χ2n) is 7.68. The second-order valence-corrected chi connectivity index (χ2v) is 7.68. The molecule has 0 fully saturated rings. The third-order valence-electron chi connectivity index (χ3n) is 5.58. The van der Waals surface area contributed by atoms with Crippen molar-refractivity contribution >= 4 is 17.8 Å². The first kappa shape index (κ1) is 23.2. The van der Waals surface area contributed by atoms with Crippen LogP contribution in [0.2, 0.25) is 0 Å². The van der Waals surface area contributed by atoms with Crippen LogP contribution < -0.4 is 5.32 Å². The first-order chi connectivity index (χ1) is 15.3. The maximum Gasteiger partial charge on any atom is 0.336 e. The molecule has 0 aromatic heterocycles. The molecule has 0 saturated carbocycles. The Labute approximate surface area is 187 Å². The van der Waals surface area contributed by atoms with Crippen molar-refractivity contribution in [1.29, 1.82) is 0 Å². The Morgan fingerprint density at radius 2 is 1.81 bits per heavy atom. The van der Waals surface area contributed by atoms with Crippen molar-refractivity contribution in [3.63, 3.8) is 0 Å². The smallest absolute Gasteiger partial charge is 0.336 e. The summed E-state index contributed by atoms with van der Waals surface area (Å²) in [6.45, 7) is 5.02. The summed E-state index contributed by atoms with van der Waals surface area (Å²) < 4.78 is 19.7. The molecule has 32 heavy (non-hydrogen) atoms. The van der Waals surface area contributed by atoms with Gasteiger partial charge in [-0.05, 0) is 38.0 Å². The minimum absolute atomic E-state index is 0.131. The first-order valence-electron chi connectivity index (χ1n) is 10.6. The Balaban J connectivity index is 1.88. The molecule has 2 atom stereocenters. The highest BCUT2D eigenvalue weighted by atomic mass is 19.1. The molecule has 0 unspecified atom stereocenters. The lowest BCUT2D eigenvalue weighted by Gasteiger charge is -2.34. The number of carbonyl (C=O) groups is 3. The Bertz CT molecular complexity index is 1040. The summed E-state index contributed by atoms with van der Waals surface area (Å²) >= 11 is 0. The zero-order valence-electron chi connectivity index (χ0n) is 18.4. The molecule has 2 aromatic carbocycles. The number of nitrogens with zero attached hydrogens (tertiary/aromatic N) is 1. The predicted molar refractivity (Wildman–Crippen MR) is 118 cm³/mol. The van der Waals surface area contributed by atoms with Crippen molar-refractivity contribution in [1.82, 2.24) is 10.2 Å². The molecule has 1 N–H and O–H groups in total. The summed E-state index contributed by atoms with van der Waals surface area (Å²) in [5, 5.41) is 2.87. The molecule has 3 rings (SSSR count). The van der Waals surface area contributed by atoms with Gasteiger partial charge in [-0.2, -0.15) is 0 Å². The van der Waals surface area contributed by atoms with E-state index in [9.17, 15) is 18.8 Å². The third-order valence-corrected chi connectivity index (χ3v) is 5.58. The molecule has 0 spiro atoms. The quantitative estimate of drug-likeness (QED) is 0.666. The van der Waals surface area contributed by atoms with Gasteiger partial charge in [0.2, 0.25) is 11.8 Å². The van der Waals surface area contributed by atoms with Crippen molar-refractivity contribution in [3.8, 4) is 0 Å². The van der Waals surface area contributed by atoms with Gasteiger partial charge < -0.3 is 15.0 Å². The number of ether oxygens (including phenoxy) is 1.